The SMILES string of the molecule is COc1ccc(C2(N)CCC(C)(O)CC2)cc1. The van der Waals surface area contributed by atoms with Gasteiger partial charge in [0, 0.05) is 5.54 Å². The summed E-state index contributed by atoms with van der Waals surface area (Å²) < 4.78 is 5.14. The van der Waals surface area contributed by atoms with Crippen molar-refractivity contribution < 1.29 is 9.84 Å². The smallest absolute Gasteiger partial charge is 0.118 e. The maximum Gasteiger partial charge on any atom is 0.118 e. The molecule has 0 unspecified atom stereocenters. The Labute approximate surface area is 103 Å². The first kappa shape index (κ1) is 12.4. The normalized spacial score (nSPS) is 33.4. The molecule has 0 saturated heterocycles. The van der Waals surface area contributed by atoms with Gasteiger partial charge in [-0.05, 0) is 50.3 Å². The zero-order valence-electron chi connectivity index (χ0n) is 10.6. The molecule has 2 rings (SSSR count). The van der Waals surface area contributed by atoms with E-state index < -0.39 is 5.60 Å². The molecule has 0 bridgehead atoms. The second kappa shape index (κ2) is 4.31. The molecule has 1 saturated carbocycles. The number of rotatable bonds is 2. The van der Waals surface area contributed by atoms with Gasteiger partial charge in [0.05, 0.1) is 12.7 Å². The predicted octanol–water partition coefficient (Wildman–Crippen LogP) is 2.17. The van der Waals surface area contributed by atoms with E-state index in [0.29, 0.717) is 0 Å². The lowest BCUT2D eigenvalue weighted by atomic mass is 9.72. The number of aliphatic hydroxyl groups is 1. The highest BCUT2D eigenvalue weighted by Crippen LogP contribution is 2.39. The van der Waals surface area contributed by atoms with Gasteiger partial charge in [0.1, 0.15) is 5.75 Å². The minimum absolute atomic E-state index is 0.297. The van der Waals surface area contributed by atoms with Crippen molar-refractivity contribution in [3.63, 3.8) is 0 Å². The molecule has 0 heterocycles. The van der Waals surface area contributed by atoms with Crippen molar-refractivity contribution in [2.45, 2.75) is 43.7 Å². The monoisotopic (exact) mass is 235 g/mol. The fourth-order valence-corrected chi connectivity index (χ4v) is 2.45. The van der Waals surface area contributed by atoms with Crippen LogP contribution in [0.2, 0.25) is 0 Å². The first-order valence-electron chi connectivity index (χ1n) is 6.11. The van der Waals surface area contributed by atoms with Crippen LogP contribution < -0.4 is 10.5 Å². The third-order valence-corrected chi connectivity index (χ3v) is 3.88. The molecule has 1 aromatic carbocycles. The van der Waals surface area contributed by atoms with Crippen LogP contribution in [0.5, 0.6) is 5.75 Å². The minimum Gasteiger partial charge on any atom is -0.497 e. The third-order valence-electron chi connectivity index (χ3n) is 3.88. The Bertz CT molecular complexity index is 374. The van der Waals surface area contributed by atoms with Crippen molar-refractivity contribution in [2.24, 2.45) is 5.73 Å². The molecule has 3 heteroatoms. The molecule has 0 atom stereocenters. The highest BCUT2D eigenvalue weighted by molar-refractivity contribution is 5.32. The van der Waals surface area contributed by atoms with Crippen LogP contribution in [0, 0.1) is 0 Å². The fraction of sp³-hybridized carbons (Fsp3) is 0.571. The number of benzene rings is 1. The average molecular weight is 235 g/mol. The highest BCUT2D eigenvalue weighted by Gasteiger charge is 2.37. The van der Waals surface area contributed by atoms with Crippen LogP contribution in [0.15, 0.2) is 24.3 Å². The van der Waals surface area contributed by atoms with E-state index in [0.717, 1.165) is 37.0 Å². The van der Waals surface area contributed by atoms with Gasteiger partial charge in [-0.2, -0.15) is 0 Å². The summed E-state index contributed by atoms with van der Waals surface area (Å²) in [5.74, 6) is 0.847. The molecule has 3 N–H and O–H groups in total. The molecule has 3 nitrogen and oxygen atoms in total. The van der Waals surface area contributed by atoms with Gasteiger partial charge >= 0.3 is 0 Å². The number of hydrogen-bond acceptors (Lipinski definition) is 3. The van der Waals surface area contributed by atoms with Crippen molar-refractivity contribution in [3.05, 3.63) is 29.8 Å². The summed E-state index contributed by atoms with van der Waals surface area (Å²) in [6.07, 6.45) is 3.17. The predicted molar refractivity (Wildman–Crippen MR) is 68.0 cm³/mol. The Kier molecular flexibility index (Phi) is 3.15. The van der Waals surface area contributed by atoms with Gasteiger partial charge in [-0.1, -0.05) is 12.1 Å². The fourth-order valence-electron chi connectivity index (χ4n) is 2.45. The number of hydrogen-bond donors (Lipinski definition) is 2. The second-order valence-corrected chi connectivity index (χ2v) is 5.38. The van der Waals surface area contributed by atoms with E-state index in [9.17, 15) is 5.11 Å². The quantitative estimate of drug-likeness (QED) is 0.826. The molecule has 0 aliphatic heterocycles. The van der Waals surface area contributed by atoms with Gasteiger partial charge in [0.15, 0.2) is 0 Å². The van der Waals surface area contributed by atoms with Crippen LogP contribution in [0.25, 0.3) is 0 Å². The Morgan fingerprint density at radius 1 is 1.12 bits per heavy atom. The highest BCUT2D eigenvalue weighted by atomic mass is 16.5. The first-order valence-corrected chi connectivity index (χ1v) is 6.11. The van der Waals surface area contributed by atoms with Crippen molar-refractivity contribution >= 4 is 0 Å². The van der Waals surface area contributed by atoms with E-state index in [1.54, 1.807) is 7.11 Å². The van der Waals surface area contributed by atoms with Crippen LogP contribution in [0.4, 0.5) is 0 Å². The van der Waals surface area contributed by atoms with Crippen molar-refractivity contribution in [2.75, 3.05) is 7.11 Å². The lowest BCUT2D eigenvalue weighted by molar-refractivity contribution is 0.000899. The van der Waals surface area contributed by atoms with E-state index >= 15 is 0 Å². The molecule has 94 valence electrons. The molecule has 0 radical (unpaired) electrons. The summed E-state index contributed by atoms with van der Waals surface area (Å²) in [6, 6.07) is 7.94. The summed E-state index contributed by atoms with van der Waals surface area (Å²) in [5.41, 5.74) is 6.73. The third kappa shape index (κ3) is 2.61. The molecule has 0 amide bonds. The summed E-state index contributed by atoms with van der Waals surface area (Å²) in [4.78, 5) is 0. The number of ether oxygens (including phenoxy) is 1. The van der Waals surface area contributed by atoms with E-state index in [4.69, 9.17) is 10.5 Å². The van der Waals surface area contributed by atoms with Gasteiger partial charge in [-0.25, -0.2) is 0 Å². The molecule has 1 aromatic rings. The Morgan fingerprint density at radius 3 is 2.12 bits per heavy atom. The number of methoxy groups -OCH3 is 1. The van der Waals surface area contributed by atoms with Gasteiger partial charge in [-0.15, -0.1) is 0 Å². The Morgan fingerprint density at radius 2 is 1.65 bits per heavy atom. The largest absolute Gasteiger partial charge is 0.497 e. The van der Waals surface area contributed by atoms with Crippen LogP contribution in [0.3, 0.4) is 0 Å². The maximum absolute atomic E-state index is 9.96. The zero-order valence-corrected chi connectivity index (χ0v) is 10.6. The lowest BCUT2D eigenvalue weighted by Gasteiger charge is -2.40. The molecule has 1 fully saturated rings. The van der Waals surface area contributed by atoms with Crippen LogP contribution >= 0.6 is 0 Å². The molecule has 0 spiro atoms. The van der Waals surface area contributed by atoms with E-state index in [2.05, 4.69) is 0 Å². The van der Waals surface area contributed by atoms with Crippen LogP contribution in [0.1, 0.15) is 38.2 Å². The molecule has 1 aliphatic rings. The maximum atomic E-state index is 9.96. The van der Waals surface area contributed by atoms with Crippen molar-refractivity contribution in [3.8, 4) is 5.75 Å². The van der Waals surface area contributed by atoms with Crippen LogP contribution in [-0.2, 0) is 5.54 Å². The van der Waals surface area contributed by atoms with Crippen molar-refractivity contribution in [1.82, 2.24) is 0 Å². The van der Waals surface area contributed by atoms with E-state index in [-0.39, 0.29) is 5.54 Å². The minimum atomic E-state index is -0.546. The summed E-state index contributed by atoms with van der Waals surface area (Å²) in [6.45, 7) is 1.89. The summed E-state index contributed by atoms with van der Waals surface area (Å²) in [5, 5.41) is 9.96. The molecule has 0 aromatic heterocycles. The van der Waals surface area contributed by atoms with Gasteiger partial charge < -0.3 is 15.6 Å². The molecular formula is C14H21NO2. The van der Waals surface area contributed by atoms with Gasteiger partial charge in [-0.3, -0.25) is 0 Å². The van der Waals surface area contributed by atoms with E-state index in [1.807, 2.05) is 31.2 Å². The summed E-state index contributed by atoms with van der Waals surface area (Å²) >= 11 is 0. The summed E-state index contributed by atoms with van der Waals surface area (Å²) in [7, 11) is 1.66. The number of nitrogens with two attached hydrogens (primary N) is 1. The molecule has 17 heavy (non-hydrogen) atoms. The average Bonchev–Trinajstić information content (AvgIpc) is 2.34. The molecular weight excluding hydrogens is 214 g/mol. The Balaban J connectivity index is 2.15. The van der Waals surface area contributed by atoms with Crippen LogP contribution in [-0.4, -0.2) is 17.8 Å². The topological polar surface area (TPSA) is 55.5 Å². The zero-order chi connectivity index (χ0) is 12.5. The standard InChI is InChI=1S/C14H21NO2/c1-13(16)7-9-14(15,10-8-13)11-3-5-12(17-2)6-4-11/h3-6,16H,7-10,15H2,1-2H3. The van der Waals surface area contributed by atoms with Gasteiger partial charge in [0.25, 0.3) is 0 Å². The molecule has 1 aliphatic carbocycles. The van der Waals surface area contributed by atoms with Crippen molar-refractivity contribution in [1.29, 1.82) is 0 Å². The van der Waals surface area contributed by atoms with Gasteiger partial charge in [0.2, 0.25) is 0 Å². The Hall–Kier alpha value is -1.06. The first-order chi connectivity index (χ1) is 7.95. The lowest BCUT2D eigenvalue weighted by Crippen LogP contribution is -2.45. The second-order valence-electron chi connectivity index (χ2n) is 5.38. The van der Waals surface area contributed by atoms with E-state index in [1.165, 1.54) is 0 Å².